The Bertz CT molecular complexity index is 306. The molecule has 0 aliphatic heterocycles. The minimum absolute atomic E-state index is 0.158. The van der Waals surface area contributed by atoms with Crippen molar-refractivity contribution in [2.75, 3.05) is 19.8 Å². The molecule has 0 atom stereocenters. The smallest absolute Gasteiger partial charge is 0.160 e. The third-order valence-electron chi connectivity index (χ3n) is 2.41. The fourth-order valence-corrected chi connectivity index (χ4v) is 1.57. The normalized spacial score (nSPS) is 10.8. The topological polar surface area (TPSA) is 27.7 Å². The van der Waals surface area contributed by atoms with Gasteiger partial charge in [-0.25, -0.2) is 0 Å². The fourth-order valence-electron chi connectivity index (χ4n) is 1.57. The Morgan fingerprint density at radius 1 is 1.06 bits per heavy atom. The molecule has 0 saturated heterocycles. The molecule has 1 aromatic rings. The van der Waals surface area contributed by atoms with E-state index in [4.69, 9.17) is 14.2 Å². The molecule has 0 amide bonds. The van der Waals surface area contributed by atoms with Crippen molar-refractivity contribution in [1.29, 1.82) is 0 Å². The molecule has 1 aromatic carbocycles. The summed E-state index contributed by atoms with van der Waals surface area (Å²) in [6.07, 6.45) is 0.588. The molecule has 0 unspecified atom stereocenters. The lowest BCUT2D eigenvalue weighted by Gasteiger charge is -2.17. The lowest BCUT2D eigenvalue weighted by molar-refractivity contribution is -0.142. The van der Waals surface area contributed by atoms with Crippen LogP contribution in [-0.2, 0) is 9.47 Å². The summed E-state index contributed by atoms with van der Waals surface area (Å²) in [4.78, 5) is 0. The van der Waals surface area contributed by atoms with E-state index in [1.54, 1.807) is 0 Å². The standard InChI is InChI=1S/C14H22O3/c1-4-15-14(16-5-2)10-11-17-13-9-7-6-8-12(13)3/h6-9,14H,4-5,10-11H2,1-3H3. The molecule has 0 radical (unpaired) electrons. The van der Waals surface area contributed by atoms with Crippen molar-refractivity contribution < 1.29 is 14.2 Å². The Morgan fingerprint density at radius 2 is 1.71 bits per heavy atom. The van der Waals surface area contributed by atoms with E-state index in [-0.39, 0.29) is 6.29 Å². The molecule has 0 aliphatic rings. The highest BCUT2D eigenvalue weighted by Crippen LogP contribution is 2.16. The maximum Gasteiger partial charge on any atom is 0.160 e. The highest BCUT2D eigenvalue weighted by atomic mass is 16.7. The lowest BCUT2D eigenvalue weighted by Crippen LogP contribution is -2.20. The second kappa shape index (κ2) is 8.09. The van der Waals surface area contributed by atoms with Gasteiger partial charge in [-0.05, 0) is 32.4 Å². The number of para-hydroxylation sites is 1. The van der Waals surface area contributed by atoms with Crippen LogP contribution in [0.1, 0.15) is 25.8 Å². The van der Waals surface area contributed by atoms with E-state index in [1.807, 2.05) is 45.0 Å². The molecule has 3 nitrogen and oxygen atoms in total. The number of hydrogen-bond acceptors (Lipinski definition) is 3. The first-order chi connectivity index (χ1) is 8.27. The maximum atomic E-state index is 5.70. The largest absolute Gasteiger partial charge is 0.493 e. The van der Waals surface area contributed by atoms with Crippen molar-refractivity contribution in [2.24, 2.45) is 0 Å². The van der Waals surface area contributed by atoms with E-state index in [0.29, 0.717) is 19.8 Å². The predicted molar refractivity (Wildman–Crippen MR) is 68.3 cm³/mol. The van der Waals surface area contributed by atoms with Crippen molar-refractivity contribution in [3.8, 4) is 5.75 Å². The van der Waals surface area contributed by atoms with E-state index >= 15 is 0 Å². The Hall–Kier alpha value is -1.06. The fraction of sp³-hybridized carbons (Fsp3) is 0.571. The summed E-state index contributed by atoms with van der Waals surface area (Å²) in [6.45, 7) is 7.90. The van der Waals surface area contributed by atoms with Gasteiger partial charge in [0, 0.05) is 19.6 Å². The molecule has 0 saturated carbocycles. The number of aryl methyl sites for hydroxylation is 1. The molecule has 0 aromatic heterocycles. The van der Waals surface area contributed by atoms with Crippen LogP contribution >= 0.6 is 0 Å². The first kappa shape index (κ1) is 14.0. The van der Waals surface area contributed by atoms with Gasteiger partial charge in [0.05, 0.1) is 6.61 Å². The summed E-state index contributed by atoms with van der Waals surface area (Å²) in [5.41, 5.74) is 1.15. The molecule has 0 N–H and O–H groups in total. The van der Waals surface area contributed by atoms with Crippen LogP contribution in [0, 0.1) is 6.92 Å². The third-order valence-corrected chi connectivity index (χ3v) is 2.41. The van der Waals surface area contributed by atoms with E-state index in [0.717, 1.165) is 17.7 Å². The van der Waals surface area contributed by atoms with Crippen LogP contribution in [-0.4, -0.2) is 26.1 Å². The highest BCUT2D eigenvalue weighted by Gasteiger charge is 2.08. The van der Waals surface area contributed by atoms with Crippen LogP contribution in [0.5, 0.6) is 5.75 Å². The van der Waals surface area contributed by atoms with Gasteiger partial charge in [0.1, 0.15) is 5.75 Å². The first-order valence-corrected chi connectivity index (χ1v) is 6.19. The quantitative estimate of drug-likeness (QED) is 0.651. The molecule has 3 heteroatoms. The maximum absolute atomic E-state index is 5.70. The van der Waals surface area contributed by atoms with E-state index < -0.39 is 0 Å². The minimum atomic E-state index is -0.158. The van der Waals surface area contributed by atoms with Gasteiger partial charge in [-0.1, -0.05) is 18.2 Å². The van der Waals surface area contributed by atoms with E-state index in [2.05, 4.69) is 0 Å². The Morgan fingerprint density at radius 3 is 2.29 bits per heavy atom. The Balaban J connectivity index is 2.33. The summed E-state index contributed by atoms with van der Waals surface area (Å²) in [6, 6.07) is 8.00. The monoisotopic (exact) mass is 238 g/mol. The predicted octanol–water partition coefficient (Wildman–Crippen LogP) is 3.16. The van der Waals surface area contributed by atoms with Crippen molar-refractivity contribution in [3.63, 3.8) is 0 Å². The highest BCUT2D eigenvalue weighted by molar-refractivity contribution is 5.31. The number of hydrogen-bond donors (Lipinski definition) is 0. The van der Waals surface area contributed by atoms with Crippen LogP contribution in [0.15, 0.2) is 24.3 Å². The molecule has 17 heavy (non-hydrogen) atoms. The second-order valence-corrected chi connectivity index (χ2v) is 3.74. The molecular formula is C14H22O3. The van der Waals surface area contributed by atoms with Gasteiger partial charge < -0.3 is 14.2 Å². The Labute approximate surface area is 104 Å². The summed E-state index contributed by atoms with van der Waals surface area (Å²) >= 11 is 0. The average Bonchev–Trinajstić information content (AvgIpc) is 2.32. The summed E-state index contributed by atoms with van der Waals surface area (Å²) in [5, 5.41) is 0. The zero-order chi connectivity index (χ0) is 12.5. The Kier molecular flexibility index (Phi) is 6.67. The van der Waals surface area contributed by atoms with Crippen molar-refractivity contribution in [2.45, 2.75) is 33.5 Å². The summed E-state index contributed by atoms with van der Waals surface area (Å²) < 4.78 is 16.6. The van der Waals surface area contributed by atoms with Crippen LogP contribution in [0.4, 0.5) is 0 Å². The molecule has 0 heterocycles. The molecule has 0 bridgehead atoms. The van der Waals surface area contributed by atoms with Crippen LogP contribution in [0.25, 0.3) is 0 Å². The van der Waals surface area contributed by atoms with Crippen LogP contribution < -0.4 is 4.74 Å². The van der Waals surface area contributed by atoms with Gasteiger partial charge >= 0.3 is 0 Å². The first-order valence-electron chi connectivity index (χ1n) is 6.19. The minimum Gasteiger partial charge on any atom is -0.493 e. The van der Waals surface area contributed by atoms with Gasteiger partial charge in [0.2, 0.25) is 0 Å². The van der Waals surface area contributed by atoms with Crippen LogP contribution in [0.2, 0.25) is 0 Å². The molecule has 96 valence electrons. The van der Waals surface area contributed by atoms with Crippen LogP contribution in [0.3, 0.4) is 0 Å². The SMILES string of the molecule is CCOC(CCOc1ccccc1C)OCC. The summed E-state index contributed by atoms with van der Waals surface area (Å²) in [5.74, 6) is 0.930. The lowest BCUT2D eigenvalue weighted by atomic mass is 10.2. The van der Waals surface area contributed by atoms with Gasteiger partial charge in [-0.2, -0.15) is 0 Å². The number of benzene rings is 1. The molecule has 0 fully saturated rings. The number of rotatable bonds is 8. The van der Waals surface area contributed by atoms with Gasteiger partial charge in [-0.3, -0.25) is 0 Å². The zero-order valence-corrected chi connectivity index (χ0v) is 10.9. The van der Waals surface area contributed by atoms with E-state index in [1.165, 1.54) is 0 Å². The van der Waals surface area contributed by atoms with Crippen molar-refractivity contribution in [1.82, 2.24) is 0 Å². The van der Waals surface area contributed by atoms with E-state index in [9.17, 15) is 0 Å². The van der Waals surface area contributed by atoms with Gasteiger partial charge in [-0.15, -0.1) is 0 Å². The molecule has 0 spiro atoms. The van der Waals surface area contributed by atoms with Gasteiger partial charge in [0.15, 0.2) is 6.29 Å². The molecule has 1 rings (SSSR count). The second-order valence-electron chi connectivity index (χ2n) is 3.74. The number of ether oxygens (including phenoxy) is 3. The van der Waals surface area contributed by atoms with Crippen molar-refractivity contribution >= 4 is 0 Å². The summed E-state index contributed by atoms with van der Waals surface area (Å²) in [7, 11) is 0. The average molecular weight is 238 g/mol. The molecular weight excluding hydrogens is 216 g/mol. The third kappa shape index (κ3) is 5.20. The van der Waals surface area contributed by atoms with Gasteiger partial charge in [0.25, 0.3) is 0 Å². The zero-order valence-electron chi connectivity index (χ0n) is 10.9. The van der Waals surface area contributed by atoms with Crippen molar-refractivity contribution in [3.05, 3.63) is 29.8 Å². The molecule has 0 aliphatic carbocycles.